The molecule has 0 spiro atoms. The predicted octanol–water partition coefficient (Wildman–Crippen LogP) is 4.63. The number of hydrogen-bond acceptors (Lipinski definition) is 4. The molecule has 5 nitrogen and oxygen atoms in total. The van der Waals surface area contributed by atoms with Crippen molar-refractivity contribution in [2.24, 2.45) is 0 Å². The number of rotatable bonds is 3. The molecule has 0 radical (unpaired) electrons. The minimum Gasteiger partial charge on any atom is -0.316 e. The molecule has 20 heavy (non-hydrogen) atoms. The average Bonchev–Trinajstić information content (AvgIpc) is 2.71. The van der Waals surface area contributed by atoms with Crippen molar-refractivity contribution in [1.29, 1.82) is 0 Å². The number of halogens is 2. The summed E-state index contributed by atoms with van der Waals surface area (Å²) in [7, 11) is 0. The van der Waals surface area contributed by atoms with E-state index in [0.29, 0.717) is 4.88 Å². The third-order valence-electron chi connectivity index (χ3n) is 2.49. The maximum atomic E-state index is 12.1. The van der Waals surface area contributed by atoms with Crippen LogP contribution >= 0.6 is 38.9 Å². The zero-order chi connectivity index (χ0) is 14.9. The van der Waals surface area contributed by atoms with Crippen molar-refractivity contribution in [3.8, 4) is 0 Å². The van der Waals surface area contributed by atoms with Gasteiger partial charge < -0.3 is 5.32 Å². The molecule has 0 atom stereocenters. The van der Waals surface area contributed by atoms with E-state index in [1.807, 2.05) is 6.92 Å². The molecular formula is C12H8BrClN2O3S. The van der Waals surface area contributed by atoms with Gasteiger partial charge in [0.15, 0.2) is 0 Å². The number of anilines is 1. The number of carbonyl (C=O) groups is 1. The number of benzene rings is 1. The van der Waals surface area contributed by atoms with Crippen molar-refractivity contribution < 1.29 is 9.72 Å². The number of hydrogen-bond donors (Lipinski definition) is 1. The van der Waals surface area contributed by atoms with Crippen molar-refractivity contribution in [3.05, 3.63) is 53.6 Å². The first-order chi connectivity index (χ1) is 9.38. The van der Waals surface area contributed by atoms with Gasteiger partial charge in [0, 0.05) is 11.1 Å². The number of nitrogens with zero attached hydrogens (tertiary/aromatic N) is 1. The fourth-order valence-corrected chi connectivity index (χ4v) is 3.11. The highest BCUT2D eigenvalue weighted by Gasteiger charge is 2.18. The zero-order valence-corrected chi connectivity index (χ0v) is 13.3. The third kappa shape index (κ3) is 3.17. The molecule has 0 aliphatic carbocycles. The van der Waals surface area contributed by atoms with E-state index < -0.39 is 10.8 Å². The lowest BCUT2D eigenvalue weighted by molar-refractivity contribution is -0.383. The lowest BCUT2D eigenvalue weighted by Gasteiger charge is -2.04. The number of carbonyl (C=O) groups excluding carboxylic acids is 1. The standard InChI is InChI=1S/C12H8BrClN2O3S/c1-6-4-10(20-11(6)13)12(17)15-8-3-2-7(14)5-9(8)16(18)19/h2-5H,1H3,(H,15,17). The van der Waals surface area contributed by atoms with Crippen molar-refractivity contribution in [1.82, 2.24) is 0 Å². The lowest BCUT2D eigenvalue weighted by atomic mass is 10.2. The Morgan fingerprint density at radius 1 is 1.45 bits per heavy atom. The van der Waals surface area contributed by atoms with Crippen LogP contribution in [0.5, 0.6) is 0 Å². The first kappa shape index (κ1) is 15.0. The summed E-state index contributed by atoms with van der Waals surface area (Å²) in [5.41, 5.74) is 0.815. The van der Waals surface area contributed by atoms with Crippen LogP contribution in [0.15, 0.2) is 28.1 Å². The van der Waals surface area contributed by atoms with E-state index in [2.05, 4.69) is 21.2 Å². The lowest BCUT2D eigenvalue weighted by Crippen LogP contribution is -2.11. The molecule has 1 aromatic heterocycles. The van der Waals surface area contributed by atoms with Gasteiger partial charge >= 0.3 is 0 Å². The van der Waals surface area contributed by atoms with Gasteiger partial charge in [0.1, 0.15) is 5.69 Å². The normalized spacial score (nSPS) is 10.3. The van der Waals surface area contributed by atoms with Crippen LogP contribution in [0.25, 0.3) is 0 Å². The Bertz CT molecular complexity index is 683. The first-order valence-corrected chi connectivity index (χ1v) is 7.38. The molecule has 1 heterocycles. The second-order valence-electron chi connectivity index (χ2n) is 3.94. The fraction of sp³-hybridized carbons (Fsp3) is 0.0833. The number of aryl methyl sites for hydroxylation is 1. The van der Waals surface area contributed by atoms with Crippen molar-refractivity contribution in [2.45, 2.75) is 6.92 Å². The van der Waals surface area contributed by atoms with Crippen LogP contribution in [-0.2, 0) is 0 Å². The molecule has 0 aliphatic heterocycles. The highest BCUT2D eigenvalue weighted by atomic mass is 79.9. The second-order valence-corrected chi connectivity index (χ2v) is 6.75. The average molecular weight is 376 g/mol. The molecular weight excluding hydrogens is 368 g/mol. The van der Waals surface area contributed by atoms with Gasteiger partial charge in [0.2, 0.25) is 0 Å². The van der Waals surface area contributed by atoms with Crippen molar-refractivity contribution in [2.75, 3.05) is 5.32 Å². The molecule has 0 unspecified atom stereocenters. The number of amides is 1. The number of nitro benzene ring substituents is 1. The van der Waals surface area contributed by atoms with Gasteiger partial charge in [-0.05, 0) is 46.6 Å². The number of thiophene rings is 1. The van der Waals surface area contributed by atoms with Gasteiger partial charge in [0.05, 0.1) is 13.6 Å². The predicted molar refractivity (Wildman–Crippen MR) is 82.8 cm³/mol. The molecule has 0 saturated carbocycles. The van der Waals surface area contributed by atoms with Gasteiger partial charge in [-0.2, -0.15) is 0 Å². The highest BCUT2D eigenvalue weighted by molar-refractivity contribution is 9.11. The minimum atomic E-state index is -0.586. The van der Waals surface area contributed by atoms with E-state index in [9.17, 15) is 14.9 Å². The van der Waals surface area contributed by atoms with E-state index in [-0.39, 0.29) is 16.4 Å². The maximum Gasteiger partial charge on any atom is 0.294 e. The topological polar surface area (TPSA) is 72.2 Å². The van der Waals surface area contributed by atoms with E-state index in [4.69, 9.17) is 11.6 Å². The number of nitrogens with one attached hydrogen (secondary N) is 1. The molecule has 2 aromatic rings. The molecule has 104 valence electrons. The SMILES string of the molecule is Cc1cc(C(=O)Nc2ccc(Cl)cc2[N+](=O)[O-])sc1Br. The van der Waals surface area contributed by atoms with Gasteiger partial charge in [0.25, 0.3) is 11.6 Å². The van der Waals surface area contributed by atoms with E-state index in [0.717, 1.165) is 9.35 Å². The van der Waals surface area contributed by atoms with Gasteiger partial charge in [-0.1, -0.05) is 11.6 Å². The Kier molecular flexibility index (Phi) is 4.42. The van der Waals surface area contributed by atoms with Gasteiger partial charge in [-0.25, -0.2) is 0 Å². The first-order valence-electron chi connectivity index (χ1n) is 5.39. The van der Waals surface area contributed by atoms with Gasteiger partial charge in [-0.3, -0.25) is 14.9 Å². The van der Waals surface area contributed by atoms with Gasteiger partial charge in [-0.15, -0.1) is 11.3 Å². The molecule has 1 amide bonds. The Morgan fingerprint density at radius 3 is 2.70 bits per heavy atom. The smallest absolute Gasteiger partial charge is 0.294 e. The molecule has 0 aliphatic rings. The van der Waals surface area contributed by atoms with Crippen LogP contribution in [-0.4, -0.2) is 10.8 Å². The summed E-state index contributed by atoms with van der Waals surface area (Å²) in [6.45, 7) is 1.86. The Hall–Kier alpha value is -1.44. The third-order valence-corrected chi connectivity index (χ3v) is 4.86. The Morgan fingerprint density at radius 2 is 2.15 bits per heavy atom. The maximum absolute atomic E-state index is 12.1. The van der Waals surface area contributed by atoms with E-state index in [1.54, 1.807) is 6.07 Å². The van der Waals surface area contributed by atoms with Crippen LogP contribution in [0.4, 0.5) is 11.4 Å². The number of nitro groups is 1. The van der Waals surface area contributed by atoms with Crippen LogP contribution < -0.4 is 5.32 Å². The highest BCUT2D eigenvalue weighted by Crippen LogP contribution is 2.31. The molecule has 1 aromatic carbocycles. The summed E-state index contributed by atoms with van der Waals surface area (Å²) in [5.74, 6) is -0.394. The summed E-state index contributed by atoms with van der Waals surface area (Å²) >= 11 is 10.3. The zero-order valence-electron chi connectivity index (χ0n) is 10.1. The quantitative estimate of drug-likeness (QED) is 0.628. The summed E-state index contributed by atoms with van der Waals surface area (Å²) < 4.78 is 0.855. The van der Waals surface area contributed by atoms with E-state index in [1.165, 1.54) is 29.5 Å². The Balaban J connectivity index is 2.30. The Labute approximate surface area is 131 Å². The monoisotopic (exact) mass is 374 g/mol. The largest absolute Gasteiger partial charge is 0.316 e. The van der Waals surface area contributed by atoms with Crippen LogP contribution in [0, 0.1) is 17.0 Å². The summed E-state index contributed by atoms with van der Waals surface area (Å²) in [6, 6.07) is 5.81. The molecule has 0 fully saturated rings. The van der Waals surface area contributed by atoms with Crippen molar-refractivity contribution >= 4 is 56.1 Å². The van der Waals surface area contributed by atoms with Crippen LogP contribution in [0.1, 0.15) is 15.2 Å². The van der Waals surface area contributed by atoms with E-state index >= 15 is 0 Å². The second kappa shape index (κ2) is 5.90. The summed E-state index contributed by atoms with van der Waals surface area (Å²) in [6.07, 6.45) is 0. The van der Waals surface area contributed by atoms with Crippen LogP contribution in [0.3, 0.4) is 0 Å². The minimum absolute atomic E-state index is 0.117. The molecule has 0 saturated heterocycles. The molecule has 0 bridgehead atoms. The van der Waals surface area contributed by atoms with Crippen molar-refractivity contribution in [3.63, 3.8) is 0 Å². The fourth-order valence-electron chi connectivity index (χ4n) is 1.52. The molecule has 8 heteroatoms. The van der Waals surface area contributed by atoms with Crippen LogP contribution in [0.2, 0.25) is 5.02 Å². The molecule has 2 rings (SSSR count). The summed E-state index contributed by atoms with van der Waals surface area (Å²) in [4.78, 5) is 22.9. The summed E-state index contributed by atoms with van der Waals surface area (Å²) in [5, 5.41) is 13.7. The molecule has 1 N–H and O–H groups in total.